The fourth-order valence-corrected chi connectivity index (χ4v) is 2.76. The van der Waals surface area contributed by atoms with Crippen LogP contribution < -0.4 is 10.6 Å². The van der Waals surface area contributed by atoms with Crippen molar-refractivity contribution in [2.75, 3.05) is 40.4 Å². The van der Waals surface area contributed by atoms with Crippen LogP contribution in [0.25, 0.3) is 0 Å². The molecule has 0 atom stereocenters. The Morgan fingerprint density at radius 1 is 1.23 bits per heavy atom. The van der Waals surface area contributed by atoms with E-state index >= 15 is 0 Å². The van der Waals surface area contributed by atoms with Crippen LogP contribution in [-0.2, 0) is 16.1 Å². The van der Waals surface area contributed by atoms with E-state index in [-0.39, 0.29) is 5.91 Å². The quantitative estimate of drug-likeness (QED) is 0.324. The molecule has 1 rings (SSSR count). The van der Waals surface area contributed by atoms with Crippen molar-refractivity contribution in [2.24, 2.45) is 4.99 Å². The van der Waals surface area contributed by atoms with E-state index < -0.39 is 0 Å². The number of hydrogen-bond donors (Lipinski definition) is 2. The third kappa shape index (κ3) is 9.20. The summed E-state index contributed by atoms with van der Waals surface area (Å²) >= 11 is 3.52. The van der Waals surface area contributed by atoms with Gasteiger partial charge in [-0.05, 0) is 31.4 Å². The van der Waals surface area contributed by atoms with Gasteiger partial charge in [0.2, 0.25) is 5.91 Å². The van der Waals surface area contributed by atoms with E-state index in [1.807, 2.05) is 38.2 Å². The third-order valence-electron chi connectivity index (χ3n) is 3.86. The molecular formula is C19H31BrN4O2. The highest BCUT2D eigenvalue weighted by Crippen LogP contribution is 2.17. The van der Waals surface area contributed by atoms with Crippen molar-refractivity contribution in [3.63, 3.8) is 0 Å². The predicted molar refractivity (Wildman–Crippen MR) is 110 cm³/mol. The largest absolute Gasteiger partial charge is 0.382 e. The molecule has 0 aromatic heterocycles. The Kier molecular flexibility index (Phi) is 11.7. The minimum atomic E-state index is 0.0976. The van der Waals surface area contributed by atoms with Gasteiger partial charge in [-0.3, -0.25) is 9.79 Å². The normalized spacial score (nSPS) is 11.3. The van der Waals surface area contributed by atoms with Crippen molar-refractivity contribution in [3.8, 4) is 0 Å². The molecule has 0 saturated carbocycles. The van der Waals surface area contributed by atoms with Crippen LogP contribution in [0.2, 0.25) is 0 Å². The number of guanidine groups is 1. The number of halogens is 1. The van der Waals surface area contributed by atoms with Gasteiger partial charge in [0.1, 0.15) is 0 Å². The molecule has 6 nitrogen and oxygen atoms in total. The summed E-state index contributed by atoms with van der Waals surface area (Å²) < 4.78 is 6.33. The van der Waals surface area contributed by atoms with Crippen LogP contribution in [0.4, 0.5) is 0 Å². The van der Waals surface area contributed by atoms with E-state index in [0.717, 1.165) is 48.6 Å². The number of nitrogens with one attached hydrogen (secondary N) is 2. The maximum atomic E-state index is 12.3. The number of rotatable bonds is 11. The fraction of sp³-hybridized carbons (Fsp3) is 0.579. The second-order valence-electron chi connectivity index (χ2n) is 5.92. The summed E-state index contributed by atoms with van der Waals surface area (Å²) in [6.07, 6.45) is 2.47. The molecule has 146 valence electrons. The zero-order chi connectivity index (χ0) is 19.2. The molecule has 0 aliphatic heterocycles. The number of nitrogens with zero attached hydrogens (tertiary/aromatic N) is 2. The highest BCUT2D eigenvalue weighted by Gasteiger charge is 2.10. The first kappa shape index (κ1) is 22.4. The van der Waals surface area contributed by atoms with Crippen LogP contribution in [0.3, 0.4) is 0 Å². The van der Waals surface area contributed by atoms with Crippen LogP contribution in [0.1, 0.15) is 31.7 Å². The Morgan fingerprint density at radius 2 is 1.96 bits per heavy atom. The average Bonchev–Trinajstić information content (AvgIpc) is 2.64. The molecule has 0 aliphatic carbocycles. The van der Waals surface area contributed by atoms with Gasteiger partial charge in [0, 0.05) is 57.8 Å². The van der Waals surface area contributed by atoms with Crippen molar-refractivity contribution in [1.29, 1.82) is 0 Å². The molecule has 0 bridgehead atoms. The third-order valence-corrected chi connectivity index (χ3v) is 4.63. The van der Waals surface area contributed by atoms with Crippen LogP contribution in [0.5, 0.6) is 0 Å². The number of carbonyl (C=O) groups is 1. The molecule has 1 aromatic rings. The molecule has 0 aliphatic rings. The summed E-state index contributed by atoms with van der Waals surface area (Å²) in [4.78, 5) is 18.2. The standard InChI is InChI=1S/C19H31BrN4O2/c1-4-26-14-8-7-12-22-19(21-2)23-13-11-18(25)24(3)15-16-9-5-6-10-17(16)20/h5-6,9-10H,4,7-8,11-15H2,1-3H3,(H2,21,22,23). The Hall–Kier alpha value is -1.60. The first-order valence-corrected chi connectivity index (χ1v) is 9.87. The van der Waals surface area contributed by atoms with Crippen molar-refractivity contribution in [2.45, 2.75) is 32.7 Å². The summed E-state index contributed by atoms with van der Waals surface area (Å²) in [6, 6.07) is 7.95. The highest BCUT2D eigenvalue weighted by molar-refractivity contribution is 9.10. The minimum absolute atomic E-state index is 0.0976. The molecule has 0 radical (unpaired) electrons. The average molecular weight is 427 g/mol. The number of amides is 1. The predicted octanol–water partition coefficient (Wildman–Crippen LogP) is 2.78. The zero-order valence-electron chi connectivity index (χ0n) is 16.1. The minimum Gasteiger partial charge on any atom is -0.382 e. The first-order valence-electron chi connectivity index (χ1n) is 9.08. The van der Waals surface area contributed by atoms with Gasteiger partial charge in [-0.25, -0.2) is 0 Å². The molecule has 0 spiro atoms. The molecular weight excluding hydrogens is 396 g/mol. The number of benzene rings is 1. The van der Waals surface area contributed by atoms with Crippen molar-refractivity contribution in [3.05, 3.63) is 34.3 Å². The van der Waals surface area contributed by atoms with Gasteiger partial charge in [-0.15, -0.1) is 0 Å². The first-order chi connectivity index (χ1) is 12.6. The zero-order valence-corrected chi connectivity index (χ0v) is 17.6. The lowest BCUT2D eigenvalue weighted by Crippen LogP contribution is -2.39. The summed E-state index contributed by atoms with van der Waals surface area (Å²) in [5.41, 5.74) is 1.10. The Bertz CT molecular complexity index is 566. The van der Waals surface area contributed by atoms with Gasteiger partial charge in [0.05, 0.1) is 0 Å². The molecule has 0 saturated heterocycles. The van der Waals surface area contributed by atoms with Crippen LogP contribution in [-0.4, -0.2) is 57.2 Å². The Balaban J connectivity index is 2.23. The van der Waals surface area contributed by atoms with Gasteiger partial charge >= 0.3 is 0 Å². The maximum absolute atomic E-state index is 12.3. The van der Waals surface area contributed by atoms with Crippen LogP contribution >= 0.6 is 15.9 Å². The second kappa shape index (κ2) is 13.6. The Labute approximate surface area is 165 Å². The van der Waals surface area contributed by atoms with E-state index in [1.165, 1.54) is 0 Å². The van der Waals surface area contributed by atoms with E-state index in [4.69, 9.17) is 4.74 Å². The molecule has 26 heavy (non-hydrogen) atoms. The highest BCUT2D eigenvalue weighted by atomic mass is 79.9. The topological polar surface area (TPSA) is 66.0 Å². The fourth-order valence-electron chi connectivity index (χ4n) is 2.35. The summed E-state index contributed by atoms with van der Waals surface area (Å²) in [7, 11) is 3.56. The molecule has 2 N–H and O–H groups in total. The number of aliphatic imine (C=N–C) groups is 1. The lowest BCUT2D eigenvalue weighted by molar-refractivity contribution is -0.130. The Morgan fingerprint density at radius 3 is 2.65 bits per heavy atom. The van der Waals surface area contributed by atoms with Gasteiger partial charge in [0.25, 0.3) is 0 Å². The molecule has 1 aromatic carbocycles. The lowest BCUT2D eigenvalue weighted by Gasteiger charge is -2.19. The second-order valence-corrected chi connectivity index (χ2v) is 6.78. The van der Waals surface area contributed by atoms with E-state index in [0.29, 0.717) is 19.5 Å². The molecule has 0 fully saturated rings. The molecule has 1 amide bonds. The smallest absolute Gasteiger partial charge is 0.224 e. The van der Waals surface area contributed by atoms with Crippen LogP contribution in [0, 0.1) is 0 Å². The lowest BCUT2D eigenvalue weighted by atomic mass is 10.2. The number of unbranched alkanes of at least 4 members (excludes halogenated alkanes) is 1. The summed E-state index contributed by atoms with van der Waals surface area (Å²) in [6.45, 7) is 5.54. The van der Waals surface area contributed by atoms with Crippen molar-refractivity contribution >= 4 is 27.8 Å². The molecule has 0 heterocycles. The van der Waals surface area contributed by atoms with E-state index in [9.17, 15) is 4.79 Å². The summed E-state index contributed by atoms with van der Waals surface area (Å²) in [5.74, 6) is 0.822. The number of hydrogen-bond acceptors (Lipinski definition) is 3. The molecule has 0 unspecified atom stereocenters. The number of carbonyl (C=O) groups excluding carboxylic acids is 1. The van der Waals surface area contributed by atoms with Gasteiger partial charge in [0.15, 0.2) is 5.96 Å². The molecule has 7 heteroatoms. The maximum Gasteiger partial charge on any atom is 0.224 e. The van der Waals surface area contributed by atoms with Gasteiger partial charge < -0.3 is 20.3 Å². The number of ether oxygens (including phenoxy) is 1. The van der Waals surface area contributed by atoms with Crippen molar-refractivity contribution < 1.29 is 9.53 Å². The van der Waals surface area contributed by atoms with E-state index in [1.54, 1.807) is 11.9 Å². The SMILES string of the molecule is CCOCCCCNC(=NC)NCCC(=O)N(C)Cc1ccccc1Br. The summed E-state index contributed by atoms with van der Waals surface area (Å²) in [5, 5.41) is 6.43. The van der Waals surface area contributed by atoms with Gasteiger partial charge in [-0.1, -0.05) is 34.1 Å². The van der Waals surface area contributed by atoms with Crippen LogP contribution in [0.15, 0.2) is 33.7 Å². The monoisotopic (exact) mass is 426 g/mol. The van der Waals surface area contributed by atoms with Crippen molar-refractivity contribution in [1.82, 2.24) is 15.5 Å². The van der Waals surface area contributed by atoms with Gasteiger partial charge in [-0.2, -0.15) is 0 Å². The van der Waals surface area contributed by atoms with E-state index in [2.05, 4.69) is 31.6 Å².